The van der Waals surface area contributed by atoms with Crippen molar-refractivity contribution in [3.8, 4) is 11.4 Å². The molecule has 0 spiro atoms. The summed E-state index contributed by atoms with van der Waals surface area (Å²) in [5.74, 6) is -8.54. The maximum Gasteiger partial charge on any atom is 0.282 e. The minimum atomic E-state index is -3.37. The Labute approximate surface area is 212 Å². The fourth-order valence-electron chi connectivity index (χ4n) is 3.72. The average Bonchev–Trinajstić information content (AvgIpc) is 3.29. The molecule has 0 radical (unpaired) electrons. The van der Waals surface area contributed by atoms with Crippen LogP contribution in [0.1, 0.15) is 16.9 Å². The van der Waals surface area contributed by atoms with E-state index in [9.17, 15) is 27.6 Å². The summed E-state index contributed by atoms with van der Waals surface area (Å²) in [7, 11) is 0. The van der Waals surface area contributed by atoms with E-state index in [-0.39, 0.29) is 23.7 Å². The van der Waals surface area contributed by atoms with E-state index in [1.54, 1.807) is 12.1 Å². The van der Waals surface area contributed by atoms with Crippen molar-refractivity contribution in [2.45, 2.75) is 12.3 Å². The van der Waals surface area contributed by atoms with E-state index in [0.717, 1.165) is 0 Å². The number of piperidine rings is 1. The van der Waals surface area contributed by atoms with Crippen LogP contribution in [0.15, 0.2) is 55.1 Å². The highest BCUT2D eigenvalue weighted by Crippen LogP contribution is 2.32. The molecule has 1 aliphatic heterocycles. The Morgan fingerprint density at radius 1 is 1.16 bits per heavy atom. The van der Waals surface area contributed by atoms with Gasteiger partial charge in [0.25, 0.3) is 17.7 Å². The molecule has 0 saturated carbocycles. The van der Waals surface area contributed by atoms with Gasteiger partial charge in [-0.15, -0.1) is 0 Å². The van der Waals surface area contributed by atoms with E-state index >= 15 is 0 Å². The van der Waals surface area contributed by atoms with Crippen molar-refractivity contribution >= 4 is 40.8 Å². The van der Waals surface area contributed by atoms with Crippen molar-refractivity contribution in [1.82, 2.24) is 25.1 Å². The summed E-state index contributed by atoms with van der Waals surface area (Å²) in [6.45, 7) is 1.44. The van der Waals surface area contributed by atoms with Gasteiger partial charge in [0.2, 0.25) is 5.91 Å². The standard InChI is InChI=1S/C23H19ClF3N7O3/c1-12(25)22(37)34-10-13(7-23(26,27)11-34)20(35)30-14-5-6-18(28-8-14)32-21(36)17-4-2-3-16(31-17)19-15(24)9-29-33-19/h2-6,8-9,13H,1,7,10-11H2,(H,29,33)(H,30,35)(H,28,32,36). The lowest BCUT2D eigenvalue weighted by molar-refractivity contribution is -0.147. The third kappa shape index (κ3) is 6.12. The summed E-state index contributed by atoms with van der Waals surface area (Å²) in [6.07, 6.45) is 1.82. The molecule has 1 unspecified atom stereocenters. The van der Waals surface area contributed by atoms with Gasteiger partial charge >= 0.3 is 0 Å². The first-order valence-electron chi connectivity index (χ1n) is 10.8. The Morgan fingerprint density at radius 3 is 2.59 bits per heavy atom. The number of H-pyrrole nitrogens is 1. The summed E-state index contributed by atoms with van der Waals surface area (Å²) in [6, 6.07) is 7.55. The number of anilines is 2. The quantitative estimate of drug-likeness (QED) is 0.414. The van der Waals surface area contributed by atoms with Crippen molar-refractivity contribution in [2.24, 2.45) is 5.92 Å². The molecule has 3 N–H and O–H groups in total. The topological polar surface area (TPSA) is 133 Å². The number of pyridine rings is 2. The molecule has 1 atom stereocenters. The van der Waals surface area contributed by atoms with Gasteiger partial charge in [-0.05, 0) is 24.3 Å². The molecule has 37 heavy (non-hydrogen) atoms. The second kappa shape index (κ2) is 10.4. The number of rotatable bonds is 6. The molecule has 3 aromatic heterocycles. The Kier molecular flexibility index (Phi) is 7.25. The van der Waals surface area contributed by atoms with Gasteiger partial charge in [-0.1, -0.05) is 24.2 Å². The number of nitrogens with zero attached hydrogens (tertiary/aromatic N) is 4. The molecule has 192 valence electrons. The van der Waals surface area contributed by atoms with Crippen LogP contribution in [-0.2, 0) is 9.59 Å². The SMILES string of the molecule is C=C(F)C(=O)N1CC(C(=O)Nc2ccc(NC(=O)c3cccc(-c4[nH]ncc4Cl)n3)nc2)CC(F)(F)C1. The van der Waals surface area contributed by atoms with Crippen molar-refractivity contribution in [2.75, 3.05) is 23.7 Å². The Balaban J connectivity index is 1.39. The number of aromatic nitrogens is 4. The zero-order valence-electron chi connectivity index (χ0n) is 19.0. The van der Waals surface area contributed by atoms with Crippen molar-refractivity contribution in [3.63, 3.8) is 0 Å². The van der Waals surface area contributed by atoms with Gasteiger partial charge in [0.15, 0.2) is 5.83 Å². The van der Waals surface area contributed by atoms with Crippen molar-refractivity contribution < 1.29 is 27.6 Å². The maximum atomic E-state index is 14.1. The summed E-state index contributed by atoms with van der Waals surface area (Å²) in [5, 5.41) is 11.9. The van der Waals surface area contributed by atoms with E-state index in [0.29, 0.717) is 21.3 Å². The van der Waals surface area contributed by atoms with E-state index < -0.39 is 48.4 Å². The van der Waals surface area contributed by atoms with Crippen LogP contribution in [0.2, 0.25) is 5.02 Å². The highest BCUT2D eigenvalue weighted by Gasteiger charge is 2.45. The van der Waals surface area contributed by atoms with Crippen molar-refractivity contribution in [1.29, 1.82) is 0 Å². The van der Waals surface area contributed by atoms with Crippen LogP contribution in [0.4, 0.5) is 24.7 Å². The molecular formula is C23H19ClF3N7O3. The van der Waals surface area contributed by atoms with Gasteiger partial charge in [0.05, 0.1) is 41.3 Å². The number of carbonyl (C=O) groups is 3. The molecule has 1 fully saturated rings. The molecule has 10 nitrogen and oxygen atoms in total. The van der Waals surface area contributed by atoms with Gasteiger partial charge < -0.3 is 15.5 Å². The molecule has 14 heteroatoms. The predicted octanol–water partition coefficient (Wildman–Crippen LogP) is 3.68. The molecule has 4 heterocycles. The van der Waals surface area contributed by atoms with Crippen LogP contribution in [-0.4, -0.2) is 61.8 Å². The first kappa shape index (κ1) is 25.8. The van der Waals surface area contributed by atoms with Gasteiger partial charge in [-0.25, -0.2) is 23.1 Å². The van der Waals surface area contributed by atoms with E-state index in [2.05, 4.69) is 37.4 Å². The summed E-state index contributed by atoms with van der Waals surface area (Å²) in [5.41, 5.74) is 1.10. The van der Waals surface area contributed by atoms with E-state index in [4.69, 9.17) is 11.6 Å². The first-order valence-corrected chi connectivity index (χ1v) is 11.2. The molecule has 3 amide bonds. The molecular weight excluding hydrogens is 515 g/mol. The highest BCUT2D eigenvalue weighted by atomic mass is 35.5. The van der Waals surface area contributed by atoms with Gasteiger partial charge in [-0.3, -0.25) is 19.5 Å². The number of hydrogen-bond acceptors (Lipinski definition) is 6. The fourth-order valence-corrected chi connectivity index (χ4v) is 3.91. The normalized spacial score (nSPS) is 16.6. The van der Waals surface area contributed by atoms with Gasteiger partial charge in [0.1, 0.15) is 17.2 Å². The Bertz CT molecular complexity index is 1360. The first-order chi connectivity index (χ1) is 17.5. The van der Waals surface area contributed by atoms with Crippen LogP contribution in [0.3, 0.4) is 0 Å². The van der Waals surface area contributed by atoms with Crippen LogP contribution >= 0.6 is 11.6 Å². The summed E-state index contributed by atoms with van der Waals surface area (Å²) >= 11 is 6.04. The van der Waals surface area contributed by atoms with E-state index in [1.165, 1.54) is 30.6 Å². The van der Waals surface area contributed by atoms with Crippen LogP contribution in [0.25, 0.3) is 11.4 Å². The molecule has 0 bridgehead atoms. The number of carbonyl (C=O) groups excluding carboxylic acids is 3. The number of aromatic amines is 1. The second-order valence-electron chi connectivity index (χ2n) is 8.22. The minimum absolute atomic E-state index is 0.0793. The van der Waals surface area contributed by atoms with Crippen molar-refractivity contribution in [3.05, 3.63) is 65.8 Å². The van der Waals surface area contributed by atoms with Crippen LogP contribution in [0, 0.1) is 5.92 Å². The second-order valence-corrected chi connectivity index (χ2v) is 8.63. The fraction of sp³-hybridized carbons (Fsp3) is 0.217. The molecule has 0 aromatic carbocycles. The number of likely N-dealkylation sites (tertiary alicyclic amines) is 1. The summed E-state index contributed by atoms with van der Waals surface area (Å²) in [4.78, 5) is 45.8. The number of hydrogen-bond donors (Lipinski definition) is 3. The monoisotopic (exact) mass is 533 g/mol. The molecule has 1 saturated heterocycles. The third-order valence-electron chi connectivity index (χ3n) is 5.40. The number of alkyl halides is 2. The lowest BCUT2D eigenvalue weighted by Gasteiger charge is -2.36. The zero-order valence-corrected chi connectivity index (χ0v) is 19.7. The number of nitrogens with one attached hydrogen (secondary N) is 3. The molecule has 3 aromatic rings. The largest absolute Gasteiger partial charge is 0.330 e. The number of amides is 3. The lowest BCUT2D eigenvalue weighted by atomic mass is 9.94. The zero-order chi connectivity index (χ0) is 26.7. The van der Waals surface area contributed by atoms with E-state index in [1.807, 2.05) is 0 Å². The third-order valence-corrected chi connectivity index (χ3v) is 5.69. The van der Waals surface area contributed by atoms with Crippen LogP contribution < -0.4 is 10.6 Å². The molecule has 1 aliphatic rings. The Hall–Kier alpha value is -4.26. The smallest absolute Gasteiger partial charge is 0.282 e. The maximum absolute atomic E-state index is 14.1. The minimum Gasteiger partial charge on any atom is -0.330 e. The number of halogens is 4. The van der Waals surface area contributed by atoms with Crippen LogP contribution in [0.5, 0.6) is 0 Å². The van der Waals surface area contributed by atoms with Gasteiger partial charge in [-0.2, -0.15) is 5.10 Å². The average molecular weight is 534 g/mol. The Morgan fingerprint density at radius 2 is 1.95 bits per heavy atom. The molecule has 4 rings (SSSR count). The molecule has 0 aliphatic carbocycles. The lowest BCUT2D eigenvalue weighted by Crippen LogP contribution is -2.52. The summed E-state index contributed by atoms with van der Waals surface area (Å²) < 4.78 is 41.3. The predicted molar refractivity (Wildman–Crippen MR) is 128 cm³/mol. The highest BCUT2D eigenvalue weighted by molar-refractivity contribution is 6.32. The van der Waals surface area contributed by atoms with Gasteiger partial charge in [0, 0.05) is 13.0 Å².